The number of hydrogen-bond donors (Lipinski definition) is 1. The molecule has 1 N–H and O–H groups in total. The first-order valence-corrected chi connectivity index (χ1v) is 12.6. The lowest BCUT2D eigenvalue weighted by Gasteiger charge is -2.35. The van der Waals surface area contributed by atoms with Gasteiger partial charge in [0, 0.05) is 6.54 Å². The van der Waals surface area contributed by atoms with Gasteiger partial charge in [0.1, 0.15) is 24.9 Å². The van der Waals surface area contributed by atoms with Crippen LogP contribution in [0.15, 0.2) is 72.8 Å². The number of nitrogens with zero attached hydrogens (tertiary/aromatic N) is 1. The summed E-state index contributed by atoms with van der Waals surface area (Å²) >= 11 is 0. The number of rotatable bonds is 9. The van der Waals surface area contributed by atoms with Gasteiger partial charge in [-0.1, -0.05) is 72.8 Å². The maximum atomic E-state index is 12.9. The molecule has 1 fully saturated rings. The van der Waals surface area contributed by atoms with E-state index in [1.165, 1.54) is 0 Å². The van der Waals surface area contributed by atoms with Gasteiger partial charge in [-0.25, -0.2) is 14.4 Å². The van der Waals surface area contributed by atoms with Crippen molar-refractivity contribution < 1.29 is 33.3 Å². The van der Waals surface area contributed by atoms with Crippen molar-refractivity contribution in [2.24, 2.45) is 0 Å². The number of esters is 1. The van der Waals surface area contributed by atoms with Crippen LogP contribution in [0.2, 0.25) is 0 Å². The molecule has 1 unspecified atom stereocenters. The van der Waals surface area contributed by atoms with Crippen LogP contribution < -0.4 is 5.32 Å². The SMILES string of the molecule is CC(C)(C)OC(=O)N1CCOCC1/C=C\C[C@H](NC(=O)OCc1ccccc1)C(=O)OCc1ccccc1. The van der Waals surface area contributed by atoms with Crippen LogP contribution in [0, 0.1) is 0 Å². The molecule has 0 bridgehead atoms. The third-order valence-electron chi connectivity index (χ3n) is 5.54. The van der Waals surface area contributed by atoms with E-state index in [0.717, 1.165) is 11.1 Å². The predicted octanol–water partition coefficient (Wildman–Crippen LogP) is 4.61. The number of hydrogen-bond acceptors (Lipinski definition) is 7. The lowest BCUT2D eigenvalue weighted by molar-refractivity contribution is -0.147. The van der Waals surface area contributed by atoms with Crippen molar-refractivity contribution in [3.05, 3.63) is 83.9 Å². The third kappa shape index (κ3) is 9.89. The molecule has 204 valence electrons. The van der Waals surface area contributed by atoms with Crippen molar-refractivity contribution in [2.45, 2.75) is 58.1 Å². The Morgan fingerprint density at radius 1 is 1.00 bits per heavy atom. The smallest absolute Gasteiger partial charge is 0.410 e. The van der Waals surface area contributed by atoms with E-state index in [1.54, 1.807) is 17.1 Å². The minimum absolute atomic E-state index is 0.0680. The van der Waals surface area contributed by atoms with Gasteiger partial charge in [0.25, 0.3) is 0 Å². The summed E-state index contributed by atoms with van der Waals surface area (Å²) in [6, 6.07) is 17.2. The summed E-state index contributed by atoms with van der Waals surface area (Å²) in [5.74, 6) is -0.598. The molecule has 1 heterocycles. The summed E-state index contributed by atoms with van der Waals surface area (Å²) in [6.45, 7) is 6.66. The van der Waals surface area contributed by atoms with Gasteiger partial charge >= 0.3 is 18.2 Å². The molecule has 1 saturated heterocycles. The lowest BCUT2D eigenvalue weighted by Crippen LogP contribution is -2.49. The van der Waals surface area contributed by atoms with E-state index in [9.17, 15) is 14.4 Å². The number of carbonyl (C=O) groups is 3. The minimum atomic E-state index is -0.988. The monoisotopic (exact) mass is 524 g/mol. The highest BCUT2D eigenvalue weighted by molar-refractivity contribution is 5.81. The third-order valence-corrected chi connectivity index (χ3v) is 5.54. The first kappa shape index (κ1) is 28.7. The van der Waals surface area contributed by atoms with Gasteiger partial charge in [-0.15, -0.1) is 0 Å². The molecule has 0 saturated carbocycles. The van der Waals surface area contributed by atoms with Crippen LogP contribution in [0.3, 0.4) is 0 Å². The lowest BCUT2D eigenvalue weighted by atomic mass is 10.1. The van der Waals surface area contributed by atoms with Crippen molar-refractivity contribution in [1.82, 2.24) is 10.2 Å². The van der Waals surface area contributed by atoms with Crippen LogP contribution >= 0.6 is 0 Å². The number of ether oxygens (including phenoxy) is 4. The average Bonchev–Trinajstić information content (AvgIpc) is 2.90. The molecule has 2 atom stereocenters. The van der Waals surface area contributed by atoms with E-state index < -0.39 is 29.8 Å². The molecule has 9 heteroatoms. The zero-order valence-electron chi connectivity index (χ0n) is 22.1. The topological polar surface area (TPSA) is 103 Å². The Kier molecular flexibility index (Phi) is 10.7. The fourth-order valence-electron chi connectivity index (χ4n) is 3.65. The van der Waals surface area contributed by atoms with E-state index >= 15 is 0 Å². The quantitative estimate of drug-likeness (QED) is 0.290. The molecule has 2 aromatic carbocycles. The Morgan fingerprint density at radius 2 is 1.61 bits per heavy atom. The zero-order valence-corrected chi connectivity index (χ0v) is 22.1. The van der Waals surface area contributed by atoms with Crippen LogP contribution in [-0.2, 0) is 37.0 Å². The zero-order chi connectivity index (χ0) is 27.4. The fourth-order valence-corrected chi connectivity index (χ4v) is 3.65. The van der Waals surface area contributed by atoms with Crippen molar-refractivity contribution in [2.75, 3.05) is 19.8 Å². The molecule has 2 amide bonds. The molecule has 9 nitrogen and oxygen atoms in total. The van der Waals surface area contributed by atoms with Crippen molar-refractivity contribution in [3.8, 4) is 0 Å². The molecule has 2 aromatic rings. The van der Waals surface area contributed by atoms with E-state index in [1.807, 2.05) is 81.4 Å². The standard InChI is InChI=1S/C29H36N2O7/c1-29(2,3)38-28(34)31-17-18-35-21-24(31)15-10-16-25(26(32)36-19-22-11-6-4-7-12-22)30-27(33)37-20-23-13-8-5-9-14-23/h4-15,24-25H,16-21H2,1-3H3,(H,30,33)/b15-10-/t24?,25-/m0/s1. The van der Waals surface area contributed by atoms with Crippen LogP contribution in [0.5, 0.6) is 0 Å². The minimum Gasteiger partial charge on any atom is -0.459 e. The Balaban J connectivity index is 1.63. The molecule has 0 aromatic heterocycles. The van der Waals surface area contributed by atoms with Crippen LogP contribution in [0.1, 0.15) is 38.3 Å². The number of carbonyl (C=O) groups excluding carboxylic acids is 3. The van der Waals surface area contributed by atoms with Crippen LogP contribution in [0.25, 0.3) is 0 Å². The van der Waals surface area contributed by atoms with E-state index in [4.69, 9.17) is 18.9 Å². The Labute approximate surface area is 223 Å². The largest absolute Gasteiger partial charge is 0.459 e. The van der Waals surface area contributed by atoms with Crippen molar-refractivity contribution in [3.63, 3.8) is 0 Å². The Bertz CT molecular complexity index is 1070. The average molecular weight is 525 g/mol. The van der Waals surface area contributed by atoms with Gasteiger partial charge in [-0.05, 0) is 38.3 Å². The molecule has 3 rings (SSSR count). The van der Waals surface area contributed by atoms with E-state index in [0.29, 0.717) is 19.8 Å². The highest BCUT2D eigenvalue weighted by Gasteiger charge is 2.30. The van der Waals surface area contributed by atoms with Crippen molar-refractivity contribution in [1.29, 1.82) is 0 Å². The van der Waals surface area contributed by atoms with Gasteiger partial charge in [-0.3, -0.25) is 4.90 Å². The molecule has 0 aliphatic carbocycles. The summed E-state index contributed by atoms with van der Waals surface area (Å²) in [4.78, 5) is 39.6. The number of benzene rings is 2. The van der Waals surface area contributed by atoms with Crippen LogP contribution in [-0.4, -0.2) is 60.5 Å². The normalized spacial score (nSPS) is 16.5. The predicted molar refractivity (Wildman–Crippen MR) is 141 cm³/mol. The second kappa shape index (κ2) is 14.2. The number of nitrogens with one attached hydrogen (secondary N) is 1. The second-order valence-corrected chi connectivity index (χ2v) is 9.83. The second-order valence-electron chi connectivity index (χ2n) is 9.83. The van der Waals surface area contributed by atoms with Gasteiger partial charge in [0.2, 0.25) is 0 Å². The first-order valence-electron chi connectivity index (χ1n) is 12.6. The fraction of sp³-hybridized carbons (Fsp3) is 0.414. The first-order chi connectivity index (χ1) is 18.2. The molecule has 38 heavy (non-hydrogen) atoms. The molecule has 1 aliphatic heterocycles. The molecular weight excluding hydrogens is 488 g/mol. The molecule has 1 aliphatic rings. The Morgan fingerprint density at radius 3 is 2.21 bits per heavy atom. The highest BCUT2D eigenvalue weighted by atomic mass is 16.6. The van der Waals surface area contributed by atoms with E-state index in [-0.39, 0.29) is 25.7 Å². The molecule has 0 spiro atoms. The Hall–Kier alpha value is -3.85. The summed E-state index contributed by atoms with van der Waals surface area (Å²) in [6.07, 6.45) is 2.46. The summed E-state index contributed by atoms with van der Waals surface area (Å²) in [5, 5.41) is 2.60. The van der Waals surface area contributed by atoms with Gasteiger partial charge in [-0.2, -0.15) is 0 Å². The number of alkyl carbamates (subject to hydrolysis) is 1. The van der Waals surface area contributed by atoms with Gasteiger partial charge in [0.05, 0.1) is 19.3 Å². The summed E-state index contributed by atoms with van der Waals surface area (Å²) in [5.41, 5.74) is 1.03. The van der Waals surface area contributed by atoms with Crippen molar-refractivity contribution >= 4 is 18.2 Å². The van der Waals surface area contributed by atoms with Gasteiger partial charge in [0.15, 0.2) is 0 Å². The van der Waals surface area contributed by atoms with Gasteiger partial charge < -0.3 is 24.3 Å². The summed E-state index contributed by atoms with van der Waals surface area (Å²) in [7, 11) is 0. The summed E-state index contributed by atoms with van der Waals surface area (Å²) < 4.78 is 21.8. The van der Waals surface area contributed by atoms with E-state index in [2.05, 4.69) is 5.32 Å². The molecular formula is C29H36N2O7. The van der Waals surface area contributed by atoms with Crippen LogP contribution in [0.4, 0.5) is 9.59 Å². The maximum Gasteiger partial charge on any atom is 0.410 e. The number of amides is 2. The highest BCUT2D eigenvalue weighted by Crippen LogP contribution is 2.16. The number of morpholine rings is 1. The molecule has 0 radical (unpaired) electrons. The maximum absolute atomic E-state index is 12.9.